The second-order valence-electron chi connectivity index (χ2n) is 4.64. The summed E-state index contributed by atoms with van der Waals surface area (Å²) in [7, 11) is 0. The lowest BCUT2D eigenvalue weighted by atomic mass is 10.2. The van der Waals surface area contributed by atoms with E-state index in [2.05, 4.69) is 21.2 Å². The van der Waals surface area contributed by atoms with Crippen LogP contribution in [0.2, 0.25) is 0 Å². The number of carbonyl (C=O) groups is 1. The van der Waals surface area contributed by atoms with Gasteiger partial charge in [-0.05, 0) is 41.1 Å². The van der Waals surface area contributed by atoms with Crippen molar-refractivity contribution in [1.29, 1.82) is 0 Å². The molecule has 0 radical (unpaired) electrons. The van der Waals surface area contributed by atoms with Crippen molar-refractivity contribution in [3.05, 3.63) is 58.1 Å². The standard InChI is InChI=1S/C16H17BrN2O2/c1-11-5-7-13(8-6-11)19-15(20)10-21-16-12(9-18)3-2-4-14(16)17/h2-8H,9-10,18H2,1H3,(H,19,20). The molecule has 0 aliphatic rings. The number of para-hydroxylation sites is 1. The second-order valence-corrected chi connectivity index (χ2v) is 5.49. The Morgan fingerprint density at radius 3 is 2.62 bits per heavy atom. The first-order chi connectivity index (χ1) is 10.1. The highest BCUT2D eigenvalue weighted by Crippen LogP contribution is 2.28. The number of ether oxygens (including phenoxy) is 1. The maximum atomic E-state index is 11.9. The molecule has 0 unspecified atom stereocenters. The monoisotopic (exact) mass is 348 g/mol. The van der Waals surface area contributed by atoms with Crippen LogP contribution in [0.3, 0.4) is 0 Å². The van der Waals surface area contributed by atoms with E-state index in [1.807, 2.05) is 49.4 Å². The molecule has 0 aliphatic heterocycles. The molecule has 0 fully saturated rings. The molecule has 2 aromatic carbocycles. The van der Waals surface area contributed by atoms with Crippen molar-refractivity contribution < 1.29 is 9.53 Å². The van der Waals surface area contributed by atoms with Crippen LogP contribution in [0.1, 0.15) is 11.1 Å². The van der Waals surface area contributed by atoms with E-state index in [1.165, 1.54) is 0 Å². The summed E-state index contributed by atoms with van der Waals surface area (Å²) in [6.07, 6.45) is 0. The molecule has 5 heteroatoms. The van der Waals surface area contributed by atoms with Gasteiger partial charge in [0.25, 0.3) is 5.91 Å². The predicted molar refractivity (Wildman–Crippen MR) is 87.3 cm³/mol. The van der Waals surface area contributed by atoms with E-state index in [9.17, 15) is 4.79 Å². The zero-order valence-electron chi connectivity index (χ0n) is 11.7. The van der Waals surface area contributed by atoms with Gasteiger partial charge in [-0.15, -0.1) is 0 Å². The van der Waals surface area contributed by atoms with Gasteiger partial charge < -0.3 is 15.8 Å². The van der Waals surface area contributed by atoms with Crippen molar-refractivity contribution in [3.8, 4) is 5.75 Å². The van der Waals surface area contributed by atoms with E-state index in [-0.39, 0.29) is 12.5 Å². The average molecular weight is 349 g/mol. The topological polar surface area (TPSA) is 64.3 Å². The molecule has 0 spiro atoms. The first-order valence-electron chi connectivity index (χ1n) is 6.57. The molecule has 0 aromatic heterocycles. The van der Waals surface area contributed by atoms with Crippen LogP contribution in [0.5, 0.6) is 5.75 Å². The van der Waals surface area contributed by atoms with Crippen LogP contribution in [-0.2, 0) is 11.3 Å². The third kappa shape index (κ3) is 4.31. The summed E-state index contributed by atoms with van der Waals surface area (Å²) in [5.41, 5.74) is 8.41. The highest BCUT2D eigenvalue weighted by atomic mass is 79.9. The summed E-state index contributed by atoms with van der Waals surface area (Å²) < 4.78 is 6.36. The number of hydrogen-bond acceptors (Lipinski definition) is 3. The van der Waals surface area contributed by atoms with Gasteiger partial charge in [0, 0.05) is 17.8 Å². The normalized spacial score (nSPS) is 10.2. The zero-order valence-corrected chi connectivity index (χ0v) is 13.3. The van der Waals surface area contributed by atoms with E-state index >= 15 is 0 Å². The number of hydrogen-bond donors (Lipinski definition) is 2. The summed E-state index contributed by atoms with van der Waals surface area (Å²) in [6, 6.07) is 13.2. The van der Waals surface area contributed by atoms with Crippen molar-refractivity contribution in [2.24, 2.45) is 5.73 Å². The van der Waals surface area contributed by atoms with E-state index < -0.39 is 0 Å². The molecule has 0 bridgehead atoms. The molecule has 2 aromatic rings. The van der Waals surface area contributed by atoms with Gasteiger partial charge >= 0.3 is 0 Å². The number of nitrogens with two attached hydrogens (primary N) is 1. The summed E-state index contributed by atoms with van der Waals surface area (Å²) in [5.74, 6) is 0.400. The molecule has 0 heterocycles. The molecule has 3 N–H and O–H groups in total. The third-order valence-corrected chi connectivity index (χ3v) is 3.58. The molecule has 4 nitrogen and oxygen atoms in total. The van der Waals surface area contributed by atoms with Gasteiger partial charge in [0.2, 0.25) is 0 Å². The van der Waals surface area contributed by atoms with Crippen molar-refractivity contribution in [3.63, 3.8) is 0 Å². The van der Waals surface area contributed by atoms with Gasteiger partial charge in [0.1, 0.15) is 5.75 Å². The van der Waals surface area contributed by atoms with Crippen molar-refractivity contribution >= 4 is 27.5 Å². The summed E-state index contributed by atoms with van der Waals surface area (Å²) in [5, 5.41) is 2.79. The smallest absolute Gasteiger partial charge is 0.262 e. The second kappa shape index (κ2) is 7.24. The number of anilines is 1. The van der Waals surface area contributed by atoms with Crippen LogP contribution in [0.4, 0.5) is 5.69 Å². The molecular formula is C16H17BrN2O2. The Balaban J connectivity index is 1.97. The van der Waals surface area contributed by atoms with Crippen LogP contribution in [0.15, 0.2) is 46.9 Å². The van der Waals surface area contributed by atoms with Gasteiger partial charge in [-0.1, -0.05) is 29.8 Å². The molecule has 0 aliphatic carbocycles. The maximum Gasteiger partial charge on any atom is 0.262 e. The fraction of sp³-hybridized carbons (Fsp3) is 0.188. The molecular weight excluding hydrogens is 332 g/mol. The van der Waals surface area contributed by atoms with Crippen molar-refractivity contribution in [2.75, 3.05) is 11.9 Å². The molecule has 110 valence electrons. The number of halogens is 1. The largest absolute Gasteiger partial charge is 0.482 e. The van der Waals surface area contributed by atoms with Crippen LogP contribution in [-0.4, -0.2) is 12.5 Å². The van der Waals surface area contributed by atoms with Crippen molar-refractivity contribution in [2.45, 2.75) is 13.5 Å². The molecule has 0 saturated heterocycles. The molecule has 2 rings (SSSR count). The Bertz CT molecular complexity index is 627. The summed E-state index contributed by atoms with van der Waals surface area (Å²) >= 11 is 3.40. The van der Waals surface area contributed by atoms with Gasteiger partial charge in [-0.25, -0.2) is 0 Å². The fourth-order valence-electron chi connectivity index (χ4n) is 1.85. The third-order valence-electron chi connectivity index (χ3n) is 2.95. The number of nitrogens with one attached hydrogen (secondary N) is 1. The highest BCUT2D eigenvalue weighted by molar-refractivity contribution is 9.10. The quantitative estimate of drug-likeness (QED) is 0.871. The Labute approximate surface area is 132 Å². The van der Waals surface area contributed by atoms with Gasteiger partial charge in [-0.3, -0.25) is 4.79 Å². The van der Waals surface area contributed by atoms with Crippen LogP contribution < -0.4 is 15.8 Å². The number of carbonyl (C=O) groups excluding carboxylic acids is 1. The lowest BCUT2D eigenvalue weighted by molar-refractivity contribution is -0.118. The highest BCUT2D eigenvalue weighted by Gasteiger charge is 2.09. The minimum absolute atomic E-state index is 0.0660. The van der Waals surface area contributed by atoms with E-state index in [1.54, 1.807) is 0 Å². The fourth-order valence-corrected chi connectivity index (χ4v) is 2.37. The van der Waals surface area contributed by atoms with Crippen molar-refractivity contribution in [1.82, 2.24) is 0 Å². The van der Waals surface area contributed by atoms with Gasteiger partial charge in [0.15, 0.2) is 6.61 Å². The molecule has 21 heavy (non-hydrogen) atoms. The molecule has 1 amide bonds. The number of aryl methyl sites for hydroxylation is 1. The van der Waals surface area contributed by atoms with Gasteiger partial charge in [-0.2, -0.15) is 0 Å². The predicted octanol–water partition coefficient (Wildman–Crippen LogP) is 3.23. The molecule has 0 atom stereocenters. The summed E-state index contributed by atoms with van der Waals surface area (Å²) in [6.45, 7) is 2.29. The maximum absolute atomic E-state index is 11.9. The number of amides is 1. The van der Waals surface area contributed by atoms with Gasteiger partial charge in [0.05, 0.1) is 4.47 Å². The summed E-state index contributed by atoms with van der Waals surface area (Å²) in [4.78, 5) is 11.9. The minimum Gasteiger partial charge on any atom is -0.482 e. The Hall–Kier alpha value is -1.85. The first kappa shape index (κ1) is 15.5. The Kier molecular flexibility index (Phi) is 5.36. The Morgan fingerprint density at radius 2 is 1.95 bits per heavy atom. The number of rotatable bonds is 5. The van der Waals surface area contributed by atoms with Crippen LogP contribution in [0, 0.1) is 6.92 Å². The van der Waals surface area contributed by atoms with Crippen LogP contribution >= 0.6 is 15.9 Å². The molecule has 0 saturated carbocycles. The minimum atomic E-state index is -0.211. The van der Waals surface area contributed by atoms with Crippen LogP contribution in [0.25, 0.3) is 0 Å². The number of benzene rings is 2. The lowest BCUT2D eigenvalue weighted by Crippen LogP contribution is -2.20. The zero-order chi connectivity index (χ0) is 15.2. The lowest BCUT2D eigenvalue weighted by Gasteiger charge is -2.12. The van der Waals surface area contributed by atoms with E-state index in [0.29, 0.717) is 12.3 Å². The SMILES string of the molecule is Cc1ccc(NC(=O)COc2c(Br)cccc2CN)cc1. The van der Waals surface area contributed by atoms with E-state index in [4.69, 9.17) is 10.5 Å². The Morgan fingerprint density at radius 1 is 1.24 bits per heavy atom. The average Bonchev–Trinajstić information content (AvgIpc) is 2.48. The van der Waals surface area contributed by atoms with E-state index in [0.717, 1.165) is 21.3 Å². The first-order valence-corrected chi connectivity index (χ1v) is 7.36.